The van der Waals surface area contributed by atoms with Gasteiger partial charge in [-0.1, -0.05) is 12.1 Å². The van der Waals surface area contributed by atoms with Crippen molar-refractivity contribution in [2.75, 3.05) is 18.6 Å². The van der Waals surface area contributed by atoms with E-state index in [0.717, 1.165) is 5.56 Å². The molecule has 102 valence electrons. The van der Waals surface area contributed by atoms with E-state index >= 15 is 0 Å². The lowest BCUT2D eigenvalue weighted by molar-refractivity contribution is 0.0820. The van der Waals surface area contributed by atoms with Gasteiger partial charge in [-0.15, -0.1) is 0 Å². The molecule has 0 saturated heterocycles. The summed E-state index contributed by atoms with van der Waals surface area (Å²) in [6.45, 7) is 6.02. The van der Waals surface area contributed by atoms with Crippen molar-refractivity contribution < 1.29 is 9.50 Å². The Labute approximate surface area is 113 Å². The van der Waals surface area contributed by atoms with Crippen LogP contribution in [0.5, 0.6) is 0 Å². The van der Waals surface area contributed by atoms with Crippen molar-refractivity contribution in [2.24, 2.45) is 0 Å². The molecule has 4 heteroatoms. The highest BCUT2D eigenvalue weighted by Gasteiger charge is 2.20. The summed E-state index contributed by atoms with van der Waals surface area (Å²) >= 11 is 1.61. The molecule has 1 rings (SSSR count). The normalized spacial score (nSPS) is 16.3. The molecule has 2 N–H and O–H groups in total. The molecule has 1 aromatic carbocycles. The zero-order valence-corrected chi connectivity index (χ0v) is 12.3. The Morgan fingerprint density at radius 2 is 2.17 bits per heavy atom. The van der Waals surface area contributed by atoms with Crippen LogP contribution in [0.1, 0.15) is 31.0 Å². The van der Waals surface area contributed by atoms with E-state index in [4.69, 9.17) is 0 Å². The molecule has 0 heterocycles. The van der Waals surface area contributed by atoms with Gasteiger partial charge in [0.05, 0.1) is 5.60 Å². The van der Waals surface area contributed by atoms with Crippen LogP contribution in [-0.2, 0) is 0 Å². The molecule has 0 amide bonds. The maximum atomic E-state index is 13.5. The topological polar surface area (TPSA) is 32.3 Å². The molecule has 2 unspecified atom stereocenters. The predicted octanol–water partition coefficient (Wildman–Crippen LogP) is 2.90. The molecule has 0 bridgehead atoms. The van der Waals surface area contributed by atoms with Gasteiger partial charge in [0.2, 0.25) is 0 Å². The fraction of sp³-hybridized carbons (Fsp3) is 0.571. The van der Waals surface area contributed by atoms with E-state index in [1.165, 1.54) is 0 Å². The Bertz CT molecular complexity index is 395. The number of halogens is 1. The predicted molar refractivity (Wildman–Crippen MR) is 76.6 cm³/mol. The summed E-state index contributed by atoms with van der Waals surface area (Å²) in [7, 11) is 0. The molecular formula is C14H22FNOS. The van der Waals surface area contributed by atoms with Crippen LogP contribution in [-0.4, -0.2) is 29.3 Å². The summed E-state index contributed by atoms with van der Waals surface area (Å²) < 4.78 is 13.5. The summed E-state index contributed by atoms with van der Waals surface area (Å²) in [5, 5.41) is 13.3. The molecule has 2 nitrogen and oxygen atoms in total. The second-order valence-corrected chi connectivity index (χ2v) is 5.91. The largest absolute Gasteiger partial charge is 0.388 e. The van der Waals surface area contributed by atoms with Gasteiger partial charge in [-0.05, 0) is 44.2 Å². The average Bonchev–Trinajstić information content (AvgIpc) is 2.30. The van der Waals surface area contributed by atoms with Gasteiger partial charge in [0.25, 0.3) is 0 Å². The lowest BCUT2D eigenvalue weighted by Crippen LogP contribution is -2.40. The first-order valence-electron chi connectivity index (χ1n) is 6.06. The summed E-state index contributed by atoms with van der Waals surface area (Å²) in [6, 6.07) is 5.27. The third-order valence-corrected chi connectivity index (χ3v) is 3.85. The second kappa shape index (κ2) is 6.55. The average molecular weight is 271 g/mol. The summed E-state index contributed by atoms with van der Waals surface area (Å²) in [5.74, 6) is 0.492. The molecular weight excluding hydrogens is 249 g/mol. The van der Waals surface area contributed by atoms with Gasteiger partial charge in [0.15, 0.2) is 0 Å². The quantitative estimate of drug-likeness (QED) is 0.834. The fourth-order valence-corrected chi connectivity index (χ4v) is 2.46. The molecule has 0 aliphatic carbocycles. The highest BCUT2D eigenvalue weighted by atomic mass is 32.2. The van der Waals surface area contributed by atoms with Crippen LogP contribution in [0.3, 0.4) is 0 Å². The Morgan fingerprint density at radius 1 is 1.50 bits per heavy atom. The van der Waals surface area contributed by atoms with E-state index in [1.54, 1.807) is 37.7 Å². The standard InChI is InChI=1S/C14H22FNOS/c1-10-5-6-12(7-13(10)15)11(2)16-8-14(3,17)9-18-4/h5-7,11,16-17H,8-9H2,1-4H3. The van der Waals surface area contributed by atoms with Crippen LogP contribution >= 0.6 is 11.8 Å². The number of hydrogen-bond acceptors (Lipinski definition) is 3. The number of thioether (sulfide) groups is 1. The molecule has 0 aliphatic heterocycles. The van der Waals surface area contributed by atoms with Crippen molar-refractivity contribution >= 4 is 11.8 Å². The Balaban J connectivity index is 2.60. The lowest BCUT2D eigenvalue weighted by Gasteiger charge is -2.25. The van der Waals surface area contributed by atoms with Crippen LogP contribution in [0.2, 0.25) is 0 Å². The van der Waals surface area contributed by atoms with Crippen LogP contribution in [0.25, 0.3) is 0 Å². The molecule has 1 aromatic rings. The monoisotopic (exact) mass is 271 g/mol. The first-order chi connectivity index (χ1) is 8.35. The fourth-order valence-electron chi connectivity index (χ4n) is 1.73. The maximum absolute atomic E-state index is 13.5. The smallest absolute Gasteiger partial charge is 0.126 e. The number of benzene rings is 1. The lowest BCUT2D eigenvalue weighted by atomic mass is 10.0. The first-order valence-corrected chi connectivity index (χ1v) is 7.46. The summed E-state index contributed by atoms with van der Waals surface area (Å²) in [4.78, 5) is 0. The summed E-state index contributed by atoms with van der Waals surface area (Å²) in [5.41, 5.74) is 0.815. The van der Waals surface area contributed by atoms with Crippen LogP contribution < -0.4 is 5.32 Å². The first kappa shape index (κ1) is 15.5. The number of rotatable bonds is 6. The number of aryl methyl sites for hydroxylation is 1. The van der Waals surface area contributed by atoms with Crippen molar-refractivity contribution in [2.45, 2.75) is 32.4 Å². The van der Waals surface area contributed by atoms with Gasteiger partial charge in [-0.3, -0.25) is 0 Å². The summed E-state index contributed by atoms with van der Waals surface area (Å²) in [6.07, 6.45) is 1.97. The number of aliphatic hydroxyl groups is 1. The molecule has 0 radical (unpaired) electrons. The Morgan fingerprint density at radius 3 is 2.72 bits per heavy atom. The minimum Gasteiger partial charge on any atom is -0.388 e. The zero-order valence-electron chi connectivity index (χ0n) is 11.5. The Kier molecular flexibility index (Phi) is 5.63. The molecule has 2 atom stereocenters. The maximum Gasteiger partial charge on any atom is 0.126 e. The van der Waals surface area contributed by atoms with E-state index in [9.17, 15) is 9.50 Å². The van der Waals surface area contributed by atoms with Gasteiger partial charge in [0.1, 0.15) is 5.82 Å². The van der Waals surface area contributed by atoms with E-state index in [-0.39, 0.29) is 11.9 Å². The second-order valence-electron chi connectivity index (χ2n) is 5.04. The number of nitrogens with one attached hydrogen (secondary N) is 1. The van der Waals surface area contributed by atoms with Gasteiger partial charge in [-0.2, -0.15) is 11.8 Å². The highest BCUT2D eigenvalue weighted by Crippen LogP contribution is 2.17. The highest BCUT2D eigenvalue weighted by molar-refractivity contribution is 7.98. The third kappa shape index (κ3) is 4.59. The van der Waals surface area contributed by atoms with Gasteiger partial charge >= 0.3 is 0 Å². The van der Waals surface area contributed by atoms with Crippen molar-refractivity contribution in [3.63, 3.8) is 0 Å². The van der Waals surface area contributed by atoms with Crippen molar-refractivity contribution in [3.8, 4) is 0 Å². The van der Waals surface area contributed by atoms with Crippen LogP contribution in [0.15, 0.2) is 18.2 Å². The zero-order chi connectivity index (χ0) is 13.8. The van der Waals surface area contributed by atoms with E-state index in [2.05, 4.69) is 5.32 Å². The molecule has 0 saturated carbocycles. The van der Waals surface area contributed by atoms with Gasteiger partial charge in [0, 0.05) is 18.3 Å². The minimum atomic E-state index is -0.739. The van der Waals surface area contributed by atoms with Gasteiger partial charge in [-0.25, -0.2) is 4.39 Å². The molecule has 18 heavy (non-hydrogen) atoms. The van der Waals surface area contributed by atoms with Crippen LogP contribution in [0, 0.1) is 12.7 Å². The number of hydrogen-bond donors (Lipinski definition) is 2. The van der Waals surface area contributed by atoms with E-state index < -0.39 is 5.60 Å². The molecule has 0 aliphatic rings. The minimum absolute atomic E-state index is 0.0217. The van der Waals surface area contributed by atoms with Crippen molar-refractivity contribution in [1.82, 2.24) is 5.32 Å². The molecule has 0 aromatic heterocycles. The third-order valence-electron chi connectivity index (χ3n) is 2.94. The SMILES string of the molecule is CSCC(C)(O)CNC(C)c1ccc(C)c(F)c1. The Hall–Kier alpha value is -0.580. The van der Waals surface area contributed by atoms with E-state index in [0.29, 0.717) is 17.9 Å². The van der Waals surface area contributed by atoms with Crippen LogP contribution in [0.4, 0.5) is 4.39 Å². The van der Waals surface area contributed by atoms with Crippen molar-refractivity contribution in [3.05, 3.63) is 35.1 Å². The molecule has 0 fully saturated rings. The van der Waals surface area contributed by atoms with E-state index in [1.807, 2.05) is 19.2 Å². The molecule has 0 spiro atoms. The van der Waals surface area contributed by atoms with Gasteiger partial charge < -0.3 is 10.4 Å². The van der Waals surface area contributed by atoms with Crippen molar-refractivity contribution in [1.29, 1.82) is 0 Å².